The van der Waals surface area contributed by atoms with Gasteiger partial charge in [-0.05, 0) is 212 Å². The molecule has 48 heteroatoms. The third-order valence-electron chi connectivity index (χ3n) is 21.0. The molecule has 1 aromatic carbocycles. The first kappa shape index (κ1) is 121. The number of benzene rings is 1. The van der Waals surface area contributed by atoms with Crippen molar-refractivity contribution in [3.63, 3.8) is 0 Å². The number of aliphatic hydroxyl groups is 23. The largest absolute Gasteiger partial charge is 0.497 e. The number of rotatable bonds is 54. The Labute approximate surface area is 803 Å². The molecule has 0 bridgehead atoms. The van der Waals surface area contributed by atoms with Gasteiger partial charge in [-0.15, -0.1) is 0 Å². The van der Waals surface area contributed by atoms with Crippen molar-refractivity contribution >= 4 is 136 Å². The van der Waals surface area contributed by atoms with Crippen LogP contribution in [0.4, 0.5) is 4.39 Å². The van der Waals surface area contributed by atoms with E-state index in [4.69, 9.17) is 16.2 Å². The third-order valence-corrected chi connectivity index (χ3v) is 21.0. The van der Waals surface area contributed by atoms with Crippen LogP contribution in [0.1, 0.15) is 243 Å². The van der Waals surface area contributed by atoms with Crippen LogP contribution in [0.3, 0.4) is 0 Å². The van der Waals surface area contributed by atoms with Crippen LogP contribution in [0.15, 0.2) is 119 Å². The second kappa shape index (κ2) is 51.4. The first-order chi connectivity index (χ1) is 63.1. The van der Waals surface area contributed by atoms with Crippen molar-refractivity contribution in [2.24, 2.45) is 113 Å². The average Bonchev–Trinajstić information content (AvgIpc) is 1.54. The van der Waals surface area contributed by atoms with Crippen molar-refractivity contribution in [1.29, 1.82) is 16.2 Å². The summed E-state index contributed by atoms with van der Waals surface area (Å²) in [6.45, 7) is 35.6. The summed E-state index contributed by atoms with van der Waals surface area (Å²) in [5, 5.41) is 276. The van der Waals surface area contributed by atoms with Gasteiger partial charge >= 0.3 is 0 Å². The molecule has 1 saturated heterocycles. The standard InChI is InChI=1S/C90H148FN23O24/c1-44(2)39-57(71(127)110-90(25,26)82(138)114-38-28-31-58(114)72(128)104-63(45(3)4)73(129)112-89(23,24)81(137)113-88(21,22)79(135)103-55(33-36-60(93)118)69(125)102-54(32-35-59(92)117)68(124)99-53(43-115)41-51-29-27-30-52(91)40-51)100-62(120)42-95-75(131)83(11,12)111-74(130)64(46(5)6)105-80(136)87(19,20)109-70(126)56(34-37-61(94)119)101-65(121)47(7)96-77(133)85(15,16)107-67(123)49(9)98-78(134)86(17,18)108-66(122)48(8)97-76(132)84(13,14)106-50(10)116/h27,29-30,40,44-49,53-58,63-64,115H,28,31-39,41-43H2,1-26H3,(H2,92,117)(H2,93,118)(H2,94,119)(H,95,131)(H,96,133)(H,97,132)(H,98,134)(H,99,124)(H,100,120)(H,101,121)(H,102,125)(H,103,135)(H,104,128)(H,105,136)(H,106,116)(H,107,123)(H,108,122)(H,109,126)(H,110,127)(H,111,130)(H,112,129)(H,113,137)/t47-,48-,49-,53-,54-,55-,56-,57-,58-,63-,64-/m0/s1. The second-order valence-corrected chi connectivity index (χ2v) is 38.7. The smallest absolute Gasteiger partial charge is 0.250 e. The zero-order valence-electron chi connectivity index (χ0n) is 83.6. The van der Waals surface area contributed by atoms with Gasteiger partial charge in [0.25, 0.3) is 5.91 Å². The fraction of sp³-hybridized carbons (Fsp3) is 0.678. The Morgan fingerprint density at radius 3 is 1.20 bits per heavy atom. The van der Waals surface area contributed by atoms with E-state index in [1.165, 1.54) is 162 Å². The van der Waals surface area contributed by atoms with Crippen molar-refractivity contribution in [3.8, 4) is 0 Å². The highest BCUT2D eigenvalue weighted by Crippen LogP contribution is 2.30. The van der Waals surface area contributed by atoms with E-state index < -0.39 is 297 Å². The SMILES string of the molecule is CC(O)=NC(C)(C)C(O)=N[C@@H](C)C(O)=NC(C)(C)C(O)=N[C@@H](C)C(O)=NC(C)(C)C(O)=N[C@@H](C)C(O)=N[C@@H](CCC(=N)O)C(O)=NC(C)(C)C(O)=N[C@H](C(O)=NC(C)(C)C(O)=NCC(O)=N[C@@H](CC(C)C)C(O)=NC(C)(C)C(=O)N1CCC[C@H]1C(O)=N[C@H](C(O)=NC(C)(C)C(O)=NC(C)(C)C(O)=N[C@@H](CCC(=N)O)C(O)=N[C@@H](CCC(=N)O)C(O)=N[C@H](CO)Cc1cccc(F)c1)C(C)C)C(C)C. The predicted octanol–water partition coefficient (Wildman–Crippen LogP) is 13.8. The maximum atomic E-state index is 14.6. The summed E-state index contributed by atoms with van der Waals surface area (Å²) in [6.07, 6.45) is -1.87. The molecule has 1 aliphatic heterocycles. The maximum absolute atomic E-state index is 14.6. The summed E-state index contributed by atoms with van der Waals surface area (Å²) in [6, 6.07) is -9.38. The van der Waals surface area contributed by atoms with Crippen LogP contribution >= 0.6 is 0 Å². The van der Waals surface area contributed by atoms with E-state index in [1.54, 1.807) is 47.6 Å². The Balaban J connectivity index is 2.52. The number of hydrogen-bond acceptors (Lipinski definition) is 24. The highest BCUT2D eigenvalue weighted by molar-refractivity contribution is 6.00. The summed E-state index contributed by atoms with van der Waals surface area (Å²) >= 11 is 0. The number of nitrogens with one attached hydrogen (secondary N) is 3. The van der Waals surface area contributed by atoms with Crippen molar-refractivity contribution in [3.05, 3.63) is 35.6 Å². The van der Waals surface area contributed by atoms with Gasteiger partial charge in [0.2, 0.25) is 106 Å². The second-order valence-electron chi connectivity index (χ2n) is 38.7. The van der Waals surface area contributed by atoms with E-state index >= 15 is 0 Å². The summed E-state index contributed by atoms with van der Waals surface area (Å²) in [5.74, 6) is -19.2. The molecule has 1 aromatic rings. The number of carbonyl (C=O) groups is 1. The average molecular weight is 1960 g/mol. The molecule has 138 heavy (non-hydrogen) atoms. The highest BCUT2D eigenvalue weighted by atomic mass is 19.1. The number of hydrogen-bond donors (Lipinski definition) is 26. The lowest BCUT2D eigenvalue weighted by molar-refractivity contribution is -0.135. The van der Waals surface area contributed by atoms with E-state index in [2.05, 4.69) is 94.9 Å². The third kappa shape index (κ3) is 38.8. The molecule has 11 atom stereocenters. The lowest BCUT2D eigenvalue weighted by Crippen LogP contribution is -2.50. The van der Waals surface area contributed by atoms with Gasteiger partial charge in [0.15, 0.2) is 23.6 Å². The monoisotopic (exact) mass is 1950 g/mol. The Kier molecular flexibility index (Phi) is 45.0. The van der Waals surface area contributed by atoms with Gasteiger partial charge in [0.05, 0.1) is 12.6 Å². The fourth-order valence-electron chi connectivity index (χ4n) is 12.7. The molecule has 774 valence electrons. The zero-order chi connectivity index (χ0) is 107. The first-order valence-corrected chi connectivity index (χ1v) is 44.7. The number of halogens is 1. The van der Waals surface area contributed by atoms with Crippen LogP contribution < -0.4 is 0 Å². The molecule has 1 amide bonds. The summed E-state index contributed by atoms with van der Waals surface area (Å²) in [4.78, 5) is 95.1. The summed E-state index contributed by atoms with van der Waals surface area (Å²) in [5.41, 5.74) is -13.6. The van der Waals surface area contributed by atoms with E-state index in [0.717, 1.165) is 0 Å². The van der Waals surface area contributed by atoms with Gasteiger partial charge in [-0.25, -0.2) is 99.2 Å². The first-order valence-electron chi connectivity index (χ1n) is 44.7. The molecule has 2 rings (SSSR count). The Bertz CT molecular complexity index is 5000. The van der Waals surface area contributed by atoms with Crippen molar-refractivity contribution < 1.29 is 127 Å². The molecule has 1 fully saturated rings. The van der Waals surface area contributed by atoms with Crippen LogP contribution in [0, 0.1) is 39.8 Å². The number of nitrogens with zero attached hydrogens (tertiary/aromatic N) is 20. The lowest BCUT2D eigenvalue weighted by atomic mass is 10.0. The van der Waals surface area contributed by atoms with Gasteiger partial charge in [0, 0.05) is 32.7 Å². The molecule has 1 aliphatic rings. The molecular formula is C90H148FN23O24. The van der Waals surface area contributed by atoms with Crippen molar-refractivity contribution in [1.82, 2.24) is 4.90 Å². The minimum absolute atomic E-state index is 0.0393. The quantitative estimate of drug-likeness (QED) is 0.0213. The van der Waals surface area contributed by atoms with Gasteiger partial charge in [-0.3, -0.25) is 21.0 Å². The Morgan fingerprint density at radius 2 is 0.768 bits per heavy atom. The zero-order valence-corrected chi connectivity index (χ0v) is 83.6. The van der Waals surface area contributed by atoms with E-state index in [9.17, 15) is 127 Å². The van der Waals surface area contributed by atoms with Gasteiger partial charge in [-0.1, -0.05) is 53.7 Å². The number of carbonyl (C=O) groups excluding carboxylic acids is 1. The summed E-state index contributed by atoms with van der Waals surface area (Å²) < 4.78 is 14.0. The minimum atomic E-state index is -1.90. The maximum Gasteiger partial charge on any atom is 0.250 e. The van der Waals surface area contributed by atoms with Crippen LogP contribution in [-0.4, -0.2) is 388 Å². The molecule has 0 unspecified atom stereocenters. The van der Waals surface area contributed by atoms with E-state index in [1.807, 2.05) is 0 Å². The molecule has 0 radical (unpaired) electrons. The predicted molar refractivity (Wildman–Crippen MR) is 539 cm³/mol. The molecule has 0 spiro atoms. The lowest BCUT2D eigenvalue weighted by Gasteiger charge is -2.31. The van der Waals surface area contributed by atoms with Crippen LogP contribution in [0.25, 0.3) is 0 Å². The topological polar surface area (TPSA) is 792 Å². The molecular weight excluding hydrogens is 1810 g/mol. The molecule has 47 nitrogen and oxygen atoms in total. The van der Waals surface area contributed by atoms with Crippen molar-refractivity contribution in [2.75, 3.05) is 19.7 Å². The Morgan fingerprint density at radius 1 is 0.406 bits per heavy atom. The number of aliphatic hydroxyl groups excluding tert-OH is 23. The molecule has 1 heterocycles. The fourth-order valence-corrected chi connectivity index (χ4v) is 12.7. The van der Waals surface area contributed by atoms with Gasteiger partial charge in [-0.2, -0.15) is 0 Å². The van der Waals surface area contributed by atoms with Crippen LogP contribution in [0.5, 0.6) is 0 Å². The molecule has 0 aromatic heterocycles. The van der Waals surface area contributed by atoms with Crippen LogP contribution in [0.2, 0.25) is 0 Å². The number of likely N-dealkylation sites (tertiary alicyclic amines) is 1. The normalized spacial score (nSPS) is 18.9. The van der Waals surface area contributed by atoms with Gasteiger partial charge < -0.3 is 122 Å². The van der Waals surface area contributed by atoms with Gasteiger partial charge in [0.1, 0.15) is 117 Å². The Hall–Kier alpha value is -13.1. The summed E-state index contributed by atoms with van der Waals surface area (Å²) in [7, 11) is 0. The van der Waals surface area contributed by atoms with Crippen LogP contribution in [-0.2, 0) is 11.2 Å². The van der Waals surface area contributed by atoms with E-state index in [0.29, 0.717) is 12.0 Å². The molecule has 26 N–H and O–H groups in total. The highest BCUT2D eigenvalue weighted by Gasteiger charge is 2.44. The minimum Gasteiger partial charge on any atom is -0.497 e. The number of amides is 1. The van der Waals surface area contributed by atoms with Crippen molar-refractivity contribution in [2.45, 2.75) is 355 Å². The number of aliphatic imine (C=N–C) groups is 19. The van der Waals surface area contributed by atoms with E-state index in [-0.39, 0.29) is 50.5 Å². The molecule has 0 saturated carbocycles. The molecule has 0 aliphatic carbocycles.